The molecule has 1 aliphatic heterocycles. The lowest BCUT2D eigenvalue weighted by Gasteiger charge is -2.34. The Morgan fingerprint density at radius 2 is 2.08 bits per heavy atom. The van der Waals surface area contributed by atoms with E-state index in [1.165, 1.54) is 11.8 Å². The number of thioether (sulfide) groups is 1. The lowest BCUT2D eigenvalue weighted by molar-refractivity contribution is 0.0919. The number of nitrogens with one attached hydrogen (secondary N) is 2. The second kappa shape index (κ2) is 9.39. The van der Waals surface area contributed by atoms with Gasteiger partial charge in [0, 0.05) is 11.4 Å². The highest BCUT2D eigenvalue weighted by Crippen LogP contribution is 2.28. The number of hydrogen-bond donors (Lipinski definition) is 2. The number of benzene rings is 1. The van der Waals surface area contributed by atoms with Crippen molar-refractivity contribution in [1.82, 2.24) is 20.8 Å². The van der Waals surface area contributed by atoms with Crippen LogP contribution < -0.4 is 10.6 Å². The first-order valence-electron chi connectivity index (χ1n) is 8.56. The zero-order chi connectivity index (χ0) is 17.7. The van der Waals surface area contributed by atoms with E-state index in [9.17, 15) is 4.79 Å². The van der Waals surface area contributed by atoms with Gasteiger partial charge in [-0.1, -0.05) is 24.2 Å². The lowest BCUT2D eigenvalue weighted by atomic mass is 9.81. The Balaban J connectivity index is 0.00000243. The first-order chi connectivity index (χ1) is 12.1. The van der Waals surface area contributed by atoms with Crippen LogP contribution in [-0.4, -0.2) is 35.7 Å². The van der Waals surface area contributed by atoms with E-state index in [-0.39, 0.29) is 23.7 Å². The third-order valence-electron chi connectivity index (χ3n) is 4.54. The van der Waals surface area contributed by atoms with Gasteiger partial charge < -0.3 is 15.2 Å². The molecule has 1 aromatic carbocycles. The van der Waals surface area contributed by atoms with E-state index in [2.05, 4.69) is 27.7 Å². The number of carbonyl (C=O) groups excluding carboxylic acids is 1. The Bertz CT molecular complexity index is 731. The molecule has 1 aromatic heterocycles. The molecule has 6 nitrogen and oxygen atoms in total. The fourth-order valence-electron chi connectivity index (χ4n) is 2.91. The summed E-state index contributed by atoms with van der Waals surface area (Å²) in [5.74, 6) is 1.72. The zero-order valence-corrected chi connectivity index (χ0v) is 16.7. The van der Waals surface area contributed by atoms with Crippen LogP contribution in [0.5, 0.6) is 0 Å². The first kappa shape index (κ1) is 20.7. The van der Waals surface area contributed by atoms with Gasteiger partial charge in [0.1, 0.15) is 0 Å². The molecule has 3 rings (SSSR count). The molecule has 1 amide bonds. The summed E-state index contributed by atoms with van der Waals surface area (Å²) in [6.45, 7) is 6.77. The second-order valence-corrected chi connectivity index (χ2v) is 7.78. The molecule has 26 heavy (non-hydrogen) atoms. The average molecular weight is 397 g/mol. The minimum atomic E-state index is -0.0235. The van der Waals surface area contributed by atoms with Gasteiger partial charge in [-0.05, 0) is 50.4 Å². The summed E-state index contributed by atoms with van der Waals surface area (Å²) in [5, 5.41) is 10.3. The predicted molar refractivity (Wildman–Crippen MR) is 105 cm³/mol. The summed E-state index contributed by atoms with van der Waals surface area (Å²) in [7, 11) is 0. The van der Waals surface area contributed by atoms with Crippen molar-refractivity contribution in [3.63, 3.8) is 0 Å². The van der Waals surface area contributed by atoms with Crippen LogP contribution in [0.4, 0.5) is 0 Å². The number of hydrogen-bond acceptors (Lipinski definition) is 6. The van der Waals surface area contributed by atoms with Crippen LogP contribution in [0.25, 0.3) is 0 Å². The van der Waals surface area contributed by atoms with Crippen LogP contribution in [0.2, 0.25) is 0 Å². The van der Waals surface area contributed by atoms with Crippen molar-refractivity contribution in [1.29, 1.82) is 0 Å². The summed E-state index contributed by atoms with van der Waals surface area (Å²) < 4.78 is 5.14. The molecule has 1 aliphatic rings. The normalized spacial score (nSPS) is 15.9. The van der Waals surface area contributed by atoms with E-state index in [4.69, 9.17) is 4.52 Å². The molecule has 0 aliphatic carbocycles. The molecular weight excluding hydrogens is 372 g/mol. The molecule has 8 heteroatoms. The van der Waals surface area contributed by atoms with Gasteiger partial charge >= 0.3 is 0 Å². The number of rotatable bonds is 6. The second-order valence-electron chi connectivity index (χ2n) is 6.76. The van der Waals surface area contributed by atoms with Gasteiger partial charge in [-0.15, -0.1) is 24.2 Å². The summed E-state index contributed by atoms with van der Waals surface area (Å²) in [6, 6.07) is 7.64. The van der Waals surface area contributed by atoms with Crippen molar-refractivity contribution >= 4 is 30.1 Å². The number of nitrogens with zero attached hydrogens (tertiary/aromatic N) is 2. The number of halogens is 1. The SMILES string of the molecule is Cc1noc(CSc2ccccc2C(=O)NCC2(C)CCNCC2)n1.Cl. The smallest absolute Gasteiger partial charge is 0.252 e. The van der Waals surface area contributed by atoms with E-state index >= 15 is 0 Å². The van der Waals surface area contributed by atoms with Crippen molar-refractivity contribution in [3.8, 4) is 0 Å². The Morgan fingerprint density at radius 1 is 1.35 bits per heavy atom. The van der Waals surface area contributed by atoms with E-state index in [1.54, 1.807) is 6.92 Å². The van der Waals surface area contributed by atoms with Crippen molar-refractivity contribution < 1.29 is 9.32 Å². The molecule has 0 unspecified atom stereocenters. The van der Waals surface area contributed by atoms with Gasteiger partial charge in [0.25, 0.3) is 5.91 Å². The highest BCUT2D eigenvalue weighted by atomic mass is 35.5. The van der Waals surface area contributed by atoms with Crippen molar-refractivity contribution in [2.24, 2.45) is 5.41 Å². The molecule has 2 N–H and O–H groups in total. The maximum atomic E-state index is 12.7. The Labute approximate surface area is 164 Å². The van der Waals surface area contributed by atoms with Gasteiger partial charge in [0.2, 0.25) is 5.89 Å². The van der Waals surface area contributed by atoms with Crippen LogP contribution in [0.1, 0.15) is 41.8 Å². The van der Waals surface area contributed by atoms with Crippen LogP contribution in [0, 0.1) is 12.3 Å². The van der Waals surface area contributed by atoms with Crippen LogP contribution >= 0.6 is 24.2 Å². The van der Waals surface area contributed by atoms with Gasteiger partial charge in [-0.2, -0.15) is 4.98 Å². The van der Waals surface area contributed by atoms with Gasteiger partial charge in [-0.3, -0.25) is 4.79 Å². The monoisotopic (exact) mass is 396 g/mol. The zero-order valence-electron chi connectivity index (χ0n) is 15.1. The molecular formula is C18H25ClN4O2S. The fraction of sp³-hybridized carbons (Fsp3) is 0.500. The first-order valence-corrected chi connectivity index (χ1v) is 9.54. The molecule has 0 bridgehead atoms. The molecule has 0 spiro atoms. The summed E-state index contributed by atoms with van der Waals surface area (Å²) >= 11 is 1.54. The number of aryl methyl sites for hydroxylation is 1. The van der Waals surface area contributed by atoms with Crippen molar-refractivity contribution in [3.05, 3.63) is 41.5 Å². The van der Waals surface area contributed by atoms with Crippen LogP contribution in [0.3, 0.4) is 0 Å². The van der Waals surface area contributed by atoms with E-state index in [0.717, 1.165) is 30.8 Å². The maximum Gasteiger partial charge on any atom is 0.252 e. The maximum absolute atomic E-state index is 12.7. The average Bonchev–Trinajstić information content (AvgIpc) is 3.04. The molecule has 0 saturated carbocycles. The molecule has 0 radical (unpaired) electrons. The minimum absolute atomic E-state index is 0. The summed E-state index contributed by atoms with van der Waals surface area (Å²) in [4.78, 5) is 17.8. The predicted octanol–water partition coefficient (Wildman–Crippen LogP) is 3.21. The number of amides is 1. The van der Waals surface area contributed by atoms with E-state index in [1.807, 2.05) is 24.3 Å². The molecule has 142 valence electrons. The number of piperidine rings is 1. The highest BCUT2D eigenvalue weighted by molar-refractivity contribution is 7.98. The Morgan fingerprint density at radius 3 is 2.77 bits per heavy atom. The largest absolute Gasteiger partial charge is 0.351 e. The lowest BCUT2D eigenvalue weighted by Crippen LogP contribution is -2.43. The molecule has 0 atom stereocenters. The minimum Gasteiger partial charge on any atom is -0.351 e. The van der Waals surface area contributed by atoms with Gasteiger partial charge in [-0.25, -0.2) is 0 Å². The van der Waals surface area contributed by atoms with E-state index < -0.39 is 0 Å². The summed E-state index contributed by atoms with van der Waals surface area (Å²) in [5.41, 5.74) is 0.867. The highest BCUT2D eigenvalue weighted by Gasteiger charge is 2.27. The third kappa shape index (κ3) is 5.46. The molecule has 1 saturated heterocycles. The standard InChI is InChI=1S/C18H24N4O2S.ClH/c1-13-21-16(24-22-13)11-25-15-6-4-3-5-14(15)17(23)20-12-18(2)7-9-19-10-8-18;/h3-6,19H,7-12H2,1-2H3,(H,20,23);1H. The number of carbonyl (C=O) groups is 1. The third-order valence-corrected chi connectivity index (χ3v) is 5.60. The molecule has 2 aromatic rings. The van der Waals surface area contributed by atoms with E-state index in [0.29, 0.717) is 29.6 Å². The topological polar surface area (TPSA) is 80.0 Å². The van der Waals surface area contributed by atoms with Gasteiger partial charge in [0.15, 0.2) is 5.82 Å². The summed E-state index contributed by atoms with van der Waals surface area (Å²) in [6.07, 6.45) is 2.17. The molecule has 1 fully saturated rings. The Kier molecular flexibility index (Phi) is 7.49. The van der Waals surface area contributed by atoms with Crippen LogP contribution in [0.15, 0.2) is 33.7 Å². The van der Waals surface area contributed by atoms with Crippen LogP contribution in [-0.2, 0) is 5.75 Å². The fourth-order valence-corrected chi connectivity index (χ4v) is 3.80. The Hall–Kier alpha value is -1.57. The van der Waals surface area contributed by atoms with Crippen molar-refractivity contribution in [2.75, 3.05) is 19.6 Å². The quantitative estimate of drug-likeness (QED) is 0.730. The van der Waals surface area contributed by atoms with Gasteiger partial charge in [0.05, 0.1) is 11.3 Å². The molecule has 2 heterocycles. The van der Waals surface area contributed by atoms with Crippen molar-refractivity contribution in [2.45, 2.75) is 37.3 Å². The number of aromatic nitrogens is 2.